The summed E-state index contributed by atoms with van der Waals surface area (Å²) in [4.78, 5) is 10.4. The maximum absolute atomic E-state index is 11.6. The molecule has 0 aromatic heterocycles. The number of carboxylic acids is 1. The van der Waals surface area contributed by atoms with Gasteiger partial charge in [0.15, 0.2) is 0 Å². The molecule has 96 valence electrons. The maximum atomic E-state index is 11.6. The molecule has 1 atom stereocenters. The van der Waals surface area contributed by atoms with E-state index in [0.29, 0.717) is 6.42 Å². The molecule has 0 saturated carbocycles. The summed E-state index contributed by atoms with van der Waals surface area (Å²) in [5, 5.41) is 8.51. The molecule has 0 aromatic carbocycles. The number of hydrogen-bond donors (Lipinski definition) is 2. The van der Waals surface area contributed by atoms with Gasteiger partial charge in [-0.25, -0.2) is 13.1 Å². The van der Waals surface area contributed by atoms with E-state index in [1.54, 1.807) is 6.92 Å². The largest absolute Gasteiger partial charge is 0.481 e. The summed E-state index contributed by atoms with van der Waals surface area (Å²) in [6.45, 7) is 7.43. The lowest BCUT2D eigenvalue weighted by Crippen LogP contribution is -2.36. The van der Waals surface area contributed by atoms with Gasteiger partial charge in [0.2, 0.25) is 10.0 Å². The standard InChI is InChI=1S/C10H21NO4S/c1-8(7-9(12)13)11-16(14,15)6-5-10(2,3)4/h8,11H,5-7H2,1-4H3,(H,12,13). The van der Waals surface area contributed by atoms with E-state index < -0.39 is 22.0 Å². The molecule has 0 radical (unpaired) electrons. The lowest BCUT2D eigenvalue weighted by atomic mass is 9.94. The molecule has 5 nitrogen and oxygen atoms in total. The second-order valence-corrected chi connectivity index (χ2v) is 7.12. The third kappa shape index (κ3) is 8.67. The summed E-state index contributed by atoms with van der Waals surface area (Å²) in [5.41, 5.74) is -0.0508. The molecule has 0 spiro atoms. The summed E-state index contributed by atoms with van der Waals surface area (Å²) in [6, 6.07) is -0.567. The van der Waals surface area contributed by atoms with Crippen LogP contribution in [0.25, 0.3) is 0 Å². The van der Waals surface area contributed by atoms with Gasteiger partial charge in [-0.2, -0.15) is 0 Å². The number of nitrogens with one attached hydrogen (secondary N) is 1. The molecule has 0 heterocycles. The van der Waals surface area contributed by atoms with Gasteiger partial charge in [0.25, 0.3) is 0 Å². The summed E-state index contributed by atoms with van der Waals surface area (Å²) in [7, 11) is -3.37. The second kappa shape index (κ2) is 5.63. The highest BCUT2D eigenvalue weighted by Crippen LogP contribution is 2.19. The van der Waals surface area contributed by atoms with Crippen LogP contribution in [0.15, 0.2) is 0 Å². The van der Waals surface area contributed by atoms with Crippen molar-refractivity contribution in [1.29, 1.82) is 0 Å². The fourth-order valence-electron chi connectivity index (χ4n) is 1.11. The smallest absolute Gasteiger partial charge is 0.304 e. The topological polar surface area (TPSA) is 83.5 Å². The van der Waals surface area contributed by atoms with Crippen LogP contribution in [0.1, 0.15) is 40.5 Å². The molecule has 1 unspecified atom stereocenters. The van der Waals surface area contributed by atoms with Crippen LogP contribution in [-0.2, 0) is 14.8 Å². The van der Waals surface area contributed by atoms with Gasteiger partial charge in [-0.1, -0.05) is 20.8 Å². The SMILES string of the molecule is CC(CC(=O)O)NS(=O)(=O)CCC(C)(C)C. The van der Waals surface area contributed by atoms with E-state index in [4.69, 9.17) is 5.11 Å². The Hall–Kier alpha value is -0.620. The molecule has 0 aromatic rings. The number of rotatable bonds is 6. The zero-order valence-corrected chi connectivity index (χ0v) is 11.1. The van der Waals surface area contributed by atoms with Gasteiger partial charge in [0.05, 0.1) is 12.2 Å². The lowest BCUT2D eigenvalue weighted by Gasteiger charge is -2.19. The number of carboxylic acid groups (broad SMARTS) is 1. The van der Waals surface area contributed by atoms with Crippen LogP contribution in [-0.4, -0.2) is 31.3 Å². The van der Waals surface area contributed by atoms with E-state index in [2.05, 4.69) is 4.72 Å². The summed E-state index contributed by atoms with van der Waals surface area (Å²) < 4.78 is 25.5. The van der Waals surface area contributed by atoms with E-state index in [0.717, 1.165) is 0 Å². The van der Waals surface area contributed by atoms with Crippen molar-refractivity contribution in [2.45, 2.75) is 46.6 Å². The van der Waals surface area contributed by atoms with Gasteiger partial charge in [-0.15, -0.1) is 0 Å². The Bertz CT molecular complexity index is 329. The zero-order chi connectivity index (χ0) is 13.0. The van der Waals surface area contributed by atoms with Crippen LogP contribution in [0, 0.1) is 5.41 Å². The van der Waals surface area contributed by atoms with Gasteiger partial charge in [0.1, 0.15) is 0 Å². The normalized spacial score (nSPS) is 14.8. The highest BCUT2D eigenvalue weighted by Gasteiger charge is 2.20. The monoisotopic (exact) mass is 251 g/mol. The Balaban J connectivity index is 4.20. The average molecular weight is 251 g/mol. The third-order valence-electron chi connectivity index (χ3n) is 1.98. The number of carbonyl (C=O) groups is 1. The average Bonchev–Trinajstić information content (AvgIpc) is 1.96. The van der Waals surface area contributed by atoms with Crippen molar-refractivity contribution in [1.82, 2.24) is 4.72 Å². The molecule has 0 aliphatic rings. The number of sulfonamides is 1. The Morgan fingerprint density at radius 2 is 1.88 bits per heavy atom. The first-order chi connectivity index (χ1) is 7.02. The molecular weight excluding hydrogens is 230 g/mol. The van der Waals surface area contributed by atoms with Crippen molar-refractivity contribution in [2.75, 3.05) is 5.75 Å². The maximum Gasteiger partial charge on any atom is 0.304 e. The van der Waals surface area contributed by atoms with Crippen LogP contribution in [0.2, 0.25) is 0 Å². The van der Waals surface area contributed by atoms with Gasteiger partial charge in [-0.3, -0.25) is 4.79 Å². The summed E-state index contributed by atoms with van der Waals surface area (Å²) in [6.07, 6.45) is 0.344. The van der Waals surface area contributed by atoms with E-state index in [-0.39, 0.29) is 17.6 Å². The minimum Gasteiger partial charge on any atom is -0.481 e. The van der Waals surface area contributed by atoms with Crippen molar-refractivity contribution >= 4 is 16.0 Å². The fraction of sp³-hybridized carbons (Fsp3) is 0.900. The first-order valence-electron chi connectivity index (χ1n) is 5.24. The second-order valence-electron chi connectivity index (χ2n) is 5.25. The van der Waals surface area contributed by atoms with E-state index in [1.807, 2.05) is 20.8 Å². The molecule has 0 rings (SSSR count). The van der Waals surface area contributed by atoms with Crippen LogP contribution >= 0.6 is 0 Å². The van der Waals surface area contributed by atoms with E-state index >= 15 is 0 Å². The molecule has 16 heavy (non-hydrogen) atoms. The van der Waals surface area contributed by atoms with E-state index in [1.165, 1.54) is 0 Å². The molecule has 6 heteroatoms. The molecular formula is C10H21NO4S. The molecule has 0 fully saturated rings. The first kappa shape index (κ1) is 15.4. The zero-order valence-electron chi connectivity index (χ0n) is 10.3. The molecule has 0 aliphatic heterocycles. The molecule has 0 saturated heterocycles. The molecule has 2 N–H and O–H groups in total. The Labute approximate surface area is 97.3 Å². The number of aliphatic carboxylic acids is 1. The van der Waals surface area contributed by atoms with Crippen LogP contribution in [0.5, 0.6) is 0 Å². The summed E-state index contributed by atoms with van der Waals surface area (Å²) in [5.74, 6) is -0.980. The minimum atomic E-state index is -3.37. The predicted molar refractivity (Wildman–Crippen MR) is 62.7 cm³/mol. The molecule has 0 aliphatic carbocycles. The van der Waals surface area contributed by atoms with Crippen molar-refractivity contribution in [2.24, 2.45) is 5.41 Å². The quantitative estimate of drug-likeness (QED) is 0.743. The highest BCUT2D eigenvalue weighted by molar-refractivity contribution is 7.89. The minimum absolute atomic E-state index is 0.0282. The predicted octanol–water partition coefficient (Wildman–Crippen LogP) is 1.21. The van der Waals surface area contributed by atoms with Gasteiger partial charge < -0.3 is 5.11 Å². The van der Waals surface area contributed by atoms with Crippen molar-refractivity contribution in [3.8, 4) is 0 Å². The van der Waals surface area contributed by atoms with E-state index in [9.17, 15) is 13.2 Å². The Kier molecular flexibility index (Phi) is 5.41. The number of hydrogen-bond acceptors (Lipinski definition) is 3. The van der Waals surface area contributed by atoms with Crippen LogP contribution in [0.4, 0.5) is 0 Å². The van der Waals surface area contributed by atoms with Gasteiger partial charge >= 0.3 is 5.97 Å². The highest BCUT2D eigenvalue weighted by atomic mass is 32.2. The lowest BCUT2D eigenvalue weighted by molar-refractivity contribution is -0.137. The van der Waals surface area contributed by atoms with Crippen LogP contribution in [0.3, 0.4) is 0 Å². The molecule has 0 bridgehead atoms. The summed E-state index contributed by atoms with van der Waals surface area (Å²) >= 11 is 0. The van der Waals surface area contributed by atoms with Gasteiger partial charge in [0, 0.05) is 6.04 Å². The first-order valence-corrected chi connectivity index (χ1v) is 6.89. The fourth-order valence-corrected chi connectivity index (χ4v) is 2.80. The van der Waals surface area contributed by atoms with Crippen molar-refractivity contribution in [3.05, 3.63) is 0 Å². The van der Waals surface area contributed by atoms with Crippen molar-refractivity contribution in [3.63, 3.8) is 0 Å². The van der Waals surface area contributed by atoms with Gasteiger partial charge in [-0.05, 0) is 18.8 Å². The molecule has 0 amide bonds. The van der Waals surface area contributed by atoms with Crippen LogP contribution < -0.4 is 4.72 Å². The Morgan fingerprint density at radius 3 is 2.25 bits per heavy atom. The van der Waals surface area contributed by atoms with Crippen molar-refractivity contribution < 1.29 is 18.3 Å². The Morgan fingerprint density at radius 1 is 1.38 bits per heavy atom. The third-order valence-corrected chi connectivity index (χ3v) is 3.49.